The fraction of sp³-hybridized carbons (Fsp3) is 0.406. The number of phenols is 1. The summed E-state index contributed by atoms with van der Waals surface area (Å²) in [7, 11) is 0. The van der Waals surface area contributed by atoms with Crippen LogP contribution in [0.2, 0.25) is 0 Å². The molecule has 3 fully saturated rings. The lowest BCUT2D eigenvalue weighted by Gasteiger charge is -2.38. The number of ether oxygens (including phenoxy) is 1. The number of benzene rings is 2. The van der Waals surface area contributed by atoms with Crippen LogP contribution in [0.1, 0.15) is 25.7 Å². The predicted molar refractivity (Wildman–Crippen MR) is 159 cm³/mol. The van der Waals surface area contributed by atoms with E-state index in [1.165, 1.54) is 23.2 Å². The number of halogens is 4. The Labute approximate surface area is 261 Å². The lowest BCUT2D eigenvalue weighted by Crippen LogP contribution is -2.51. The minimum atomic E-state index is -1.22. The quantitative estimate of drug-likeness (QED) is 0.234. The third-order valence-electron chi connectivity index (χ3n) is 9.36. The van der Waals surface area contributed by atoms with Crippen molar-refractivity contribution in [2.75, 3.05) is 44.2 Å². The van der Waals surface area contributed by atoms with Gasteiger partial charge in [0.2, 0.25) is 0 Å². The molecule has 0 spiro atoms. The van der Waals surface area contributed by atoms with E-state index in [4.69, 9.17) is 4.74 Å². The van der Waals surface area contributed by atoms with Crippen LogP contribution in [0.25, 0.3) is 32.9 Å². The van der Waals surface area contributed by atoms with Gasteiger partial charge in [0.05, 0.1) is 29.5 Å². The number of anilines is 1. The zero-order valence-corrected chi connectivity index (χ0v) is 24.6. The first kappa shape index (κ1) is 29.7. The van der Waals surface area contributed by atoms with Gasteiger partial charge in [-0.05, 0) is 43.0 Å². The summed E-state index contributed by atoms with van der Waals surface area (Å²) in [5.74, 6) is -3.39. The average molecular weight is 633 g/mol. The molecule has 4 aromatic rings. The van der Waals surface area contributed by atoms with Crippen LogP contribution in [0.15, 0.2) is 30.5 Å². The molecular formula is C32H28F4N8O2. The van der Waals surface area contributed by atoms with Gasteiger partial charge in [0.15, 0.2) is 23.6 Å². The van der Waals surface area contributed by atoms with Crippen molar-refractivity contribution in [1.82, 2.24) is 24.8 Å². The first-order chi connectivity index (χ1) is 22.2. The van der Waals surface area contributed by atoms with Crippen molar-refractivity contribution in [3.63, 3.8) is 0 Å². The van der Waals surface area contributed by atoms with E-state index < -0.39 is 35.2 Å². The van der Waals surface area contributed by atoms with Crippen molar-refractivity contribution in [3.05, 3.63) is 47.9 Å². The zero-order valence-electron chi connectivity index (χ0n) is 24.6. The minimum Gasteiger partial charge on any atom is -0.508 e. The lowest BCUT2D eigenvalue weighted by atomic mass is 9.95. The fourth-order valence-electron chi connectivity index (χ4n) is 7.19. The molecule has 0 unspecified atom stereocenters. The highest BCUT2D eigenvalue weighted by Gasteiger charge is 2.49. The topological polar surface area (TPSA) is 125 Å². The van der Waals surface area contributed by atoms with Gasteiger partial charge in [-0.25, -0.2) is 17.6 Å². The molecule has 2 aromatic carbocycles. The molecule has 236 valence electrons. The van der Waals surface area contributed by atoms with Gasteiger partial charge in [-0.15, -0.1) is 0 Å². The molecule has 10 nitrogen and oxygen atoms in total. The molecular weight excluding hydrogens is 604 g/mol. The summed E-state index contributed by atoms with van der Waals surface area (Å²) in [5.41, 5.74) is -1.29. The van der Waals surface area contributed by atoms with Crippen molar-refractivity contribution < 1.29 is 27.4 Å². The lowest BCUT2D eigenvalue weighted by molar-refractivity contribution is 0.107. The molecule has 3 saturated heterocycles. The molecule has 5 heterocycles. The van der Waals surface area contributed by atoms with E-state index in [0.717, 1.165) is 31.5 Å². The molecule has 2 aromatic heterocycles. The second kappa shape index (κ2) is 11.4. The van der Waals surface area contributed by atoms with Crippen molar-refractivity contribution in [3.8, 4) is 35.3 Å². The molecule has 7 rings (SSSR count). The third kappa shape index (κ3) is 4.93. The fourth-order valence-corrected chi connectivity index (χ4v) is 7.19. The summed E-state index contributed by atoms with van der Waals surface area (Å²) in [4.78, 5) is 18.7. The highest BCUT2D eigenvalue weighted by molar-refractivity contribution is 6.00. The molecule has 46 heavy (non-hydrogen) atoms. The number of alkyl halides is 1. The van der Waals surface area contributed by atoms with Crippen LogP contribution in [0.3, 0.4) is 0 Å². The Balaban J connectivity index is 1.36. The van der Waals surface area contributed by atoms with Gasteiger partial charge in [0.25, 0.3) is 0 Å². The molecule has 0 aliphatic carbocycles. The Bertz CT molecular complexity index is 1950. The maximum atomic E-state index is 16.6. The number of hydrogen-bond acceptors (Lipinski definition) is 10. The molecule has 3 aliphatic heterocycles. The molecule has 0 bridgehead atoms. The smallest absolute Gasteiger partial charge is 0.319 e. The second-order valence-electron chi connectivity index (χ2n) is 12.1. The van der Waals surface area contributed by atoms with Crippen molar-refractivity contribution >= 4 is 27.5 Å². The monoisotopic (exact) mass is 632 g/mol. The number of nitriles is 2. The molecule has 14 heteroatoms. The van der Waals surface area contributed by atoms with Crippen molar-refractivity contribution in [2.45, 2.75) is 43.4 Å². The van der Waals surface area contributed by atoms with Crippen LogP contribution >= 0.6 is 0 Å². The maximum absolute atomic E-state index is 16.6. The third-order valence-corrected chi connectivity index (χ3v) is 9.36. The first-order valence-corrected chi connectivity index (χ1v) is 15.0. The molecule has 3 aliphatic rings. The number of piperazine rings is 1. The van der Waals surface area contributed by atoms with Gasteiger partial charge in [0, 0.05) is 49.7 Å². The van der Waals surface area contributed by atoms with E-state index in [1.807, 2.05) is 0 Å². The number of phenolic OH excluding ortho intramolecular Hbond substituents is 1. The van der Waals surface area contributed by atoms with Crippen molar-refractivity contribution in [2.24, 2.45) is 0 Å². The van der Waals surface area contributed by atoms with Gasteiger partial charge in [-0.2, -0.15) is 20.5 Å². The SMILES string of the molecule is N#CC[C@H]1CN(c2nc(OC[C@@]34CCCN3C[C@H](F)C4)nc3c(F)c(-c4cc(O)cc5ccc(F)c(F)c45)ncc23)CCN1C#N. The van der Waals surface area contributed by atoms with E-state index in [-0.39, 0.29) is 76.6 Å². The Morgan fingerprint density at radius 2 is 1.91 bits per heavy atom. The highest BCUT2D eigenvalue weighted by atomic mass is 19.2. The van der Waals surface area contributed by atoms with Crippen LogP contribution in [0, 0.1) is 40.2 Å². The normalized spacial score (nSPS) is 23.1. The molecule has 0 amide bonds. The zero-order chi connectivity index (χ0) is 32.2. The van der Waals surface area contributed by atoms with E-state index in [1.54, 1.807) is 4.90 Å². The van der Waals surface area contributed by atoms with E-state index >= 15 is 8.78 Å². The summed E-state index contributed by atoms with van der Waals surface area (Å²) in [6.45, 7) is 1.96. The van der Waals surface area contributed by atoms with Crippen LogP contribution in [0.5, 0.6) is 11.8 Å². The highest BCUT2D eigenvalue weighted by Crippen LogP contribution is 2.41. The van der Waals surface area contributed by atoms with Gasteiger partial charge < -0.3 is 19.6 Å². The Morgan fingerprint density at radius 1 is 1.07 bits per heavy atom. The Morgan fingerprint density at radius 3 is 2.72 bits per heavy atom. The summed E-state index contributed by atoms with van der Waals surface area (Å²) in [5, 5.41) is 29.4. The summed E-state index contributed by atoms with van der Waals surface area (Å²) in [6.07, 6.45) is 4.43. The molecule has 3 atom stereocenters. The number of rotatable bonds is 6. The van der Waals surface area contributed by atoms with Gasteiger partial charge in [-0.1, -0.05) is 6.07 Å². The van der Waals surface area contributed by atoms with Crippen LogP contribution < -0.4 is 9.64 Å². The summed E-state index contributed by atoms with van der Waals surface area (Å²) < 4.78 is 66.6. The number of hydrogen-bond donors (Lipinski definition) is 1. The van der Waals surface area contributed by atoms with Crippen LogP contribution in [-0.4, -0.2) is 86.9 Å². The summed E-state index contributed by atoms with van der Waals surface area (Å²) in [6, 6.07) is 6.02. The largest absolute Gasteiger partial charge is 0.508 e. The maximum Gasteiger partial charge on any atom is 0.319 e. The van der Waals surface area contributed by atoms with Gasteiger partial charge >= 0.3 is 6.01 Å². The number of aromatic hydroxyl groups is 1. The first-order valence-electron chi connectivity index (χ1n) is 15.0. The van der Waals surface area contributed by atoms with Crippen LogP contribution in [-0.2, 0) is 0 Å². The van der Waals surface area contributed by atoms with E-state index in [9.17, 15) is 24.4 Å². The van der Waals surface area contributed by atoms with E-state index in [0.29, 0.717) is 19.5 Å². The van der Waals surface area contributed by atoms with Gasteiger partial charge in [-0.3, -0.25) is 9.88 Å². The predicted octanol–water partition coefficient (Wildman–Crippen LogP) is 4.81. The van der Waals surface area contributed by atoms with E-state index in [2.05, 4.69) is 32.1 Å². The molecule has 0 saturated carbocycles. The standard InChI is InChI=1S/C32H28F4N8O2/c33-19-12-32(5-1-7-44(32)14-19)16-46-31-40-29-23(30(41-31)42-8-9-43(17-38)20(15-42)4-6-37)13-39-28(27(29)36)22-11-21(45)10-18-2-3-24(34)26(35)25(18)22/h2-3,10-11,13,19-20,45H,1,4-5,7-9,12,14-16H2/t19-,20+,32+/m1/s1. The molecule has 0 radical (unpaired) electrons. The average Bonchev–Trinajstić information content (AvgIpc) is 3.57. The van der Waals surface area contributed by atoms with Crippen LogP contribution in [0.4, 0.5) is 23.4 Å². The second-order valence-corrected chi connectivity index (χ2v) is 12.1. The number of aromatic nitrogens is 3. The Hall–Kier alpha value is -4.95. The van der Waals surface area contributed by atoms with Crippen molar-refractivity contribution in [1.29, 1.82) is 10.5 Å². The minimum absolute atomic E-state index is 0.0721. The Kier molecular flexibility index (Phi) is 7.40. The number of pyridine rings is 1. The number of nitrogens with zero attached hydrogens (tertiary/aromatic N) is 8. The van der Waals surface area contributed by atoms with Gasteiger partial charge in [0.1, 0.15) is 35.6 Å². The summed E-state index contributed by atoms with van der Waals surface area (Å²) >= 11 is 0. The number of fused-ring (bicyclic) bond motifs is 3. The molecule has 1 N–H and O–H groups in total.